The van der Waals surface area contributed by atoms with Gasteiger partial charge in [0.2, 0.25) is 0 Å². The number of rotatable bonds is 2. The first-order chi connectivity index (χ1) is 9.70. The fourth-order valence-electron chi connectivity index (χ4n) is 2.03. The molecular weight excluding hydrogens is 366 g/mol. The van der Waals surface area contributed by atoms with Crippen molar-refractivity contribution >= 4 is 21.6 Å². The molecule has 0 aliphatic rings. The van der Waals surface area contributed by atoms with Crippen LogP contribution in [0.25, 0.3) is 11.1 Å². The zero-order valence-electron chi connectivity index (χ0n) is 12.1. The first-order valence-electron chi connectivity index (χ1n) is 6.55. The fraction of sp³-hybridized carbons (Fsp3) is 0.111. The second kappa shape index (κ2) is 8.89. The molecule has 0 saturated heterocycles. The molecule has 3 rings (SSSR count). The van der Waals surface area contributed by atoms with Crippen LogP contribution in [0.2, 0.25) is 0 Å². The van der Waals surface area contributed by atoms with Crippen LogP contribution in [-0.2, 0) is 17.1 Å². The second-order valence-electron chi connectivity index (χ2n) is 4.66. The summed E-state index contributed by atoms with van der Waals surface area (Å²) in [6, 6.07) is 24.7. The number of hydrogen-bond acceptors (Lipinski definition) is 1. The first-order valence-corrected chi connectivity index (χ1v) is 7.34. The van der Waals surface area contributed by atoms with E-state index in [1.165, 1.54) is 16.8 Å². The summed E-state index contributed by atoms with van der Waals surface area (Å²) in [4.78, 5) is 2.13. The Morgan fingerprint density at radius 3 is 2.00 bits per heavy atom. The molecule has 3 heteroatoms. The summed E-state index contributed by atoms with van der Waals surface area (Å²) < 4.78 is 1.14. The Morgan fingerprint density at radius 2 is 1.48 bits per heavy atom. The molecule has 0 aliphatic carbocycles. The van der Waals surface area contributed by atoms with Crippen LogP contribution >= 0.6 is 15.9 Å². The standard InChI is InChI=1S/C13H13BrN.C5H5.Fe/c1-15(2)13-9-5-7-11(13)10-6-3-4-8-12(10)14;1-2-4-5-3-1;/h3-9H,1-2H3;1-5H;/q-1;-5;. The van der Waals surface area contributed by atoms with Crippen molar-refractivity contribution in [2.24, 2.45) is 0 Å². The largest absolute Gasteiger partial charge is 0.748 e. The maximum atomic E-state index is 3.58. The molecule has 21 heavy (non-hydrogen) atoms. The van der Waals surface area contributed by atoms with Crippen molar-refractivity contribution in [2.45, 2.75) is 0 Å². The molecule has 0 bridgehead atoms. The van der Waals surface area contributed by atoms with Crippen LogP contribution in [0, 0.1) is 0 Å². The van der Waals surface area contributed by atoms with Crippen LogP contribution < -0.4 is 4.90 Å². The monoisotopic (exact) mass is 383 g/mol. The van der Waals surface area contributed by atoms with Gasteiger partial charge in [-0.1, -0.05) is 45.8 Å². The third-order valence-electron chi connectivity index (χ3n) is 2.99. The number of anilines is 1. The molecule has 0 saturated carbocycles. The van der Waals surface area contributed by atoms with Gasteiger partial charge in [-0.15, -0.1) is 11.6 Å². The minimum Gasteiger partial charge on any atom is -0.748 e. The van der Waals surface area contributed by atoms with Gasteiger partial charge in [0.15, 0.2) is 0 Å². The normalized spacial score (nSPS) is 9.29. The van der Waals surface area contributed by atoms with Crippen molar-refractivity contribution in [3.05, 3.63) is 77.3 Å². The van der Waals surface area contributed by atoms with Gasteiger partial charge < -0.3 is 35.2 Å². The number of nitrogens with zero attached hydrogens (tertiary/aromatic N) is 1. The van der Waals surface area contributed by atoms with E-state index in [9.17, 15) is 0 Å². The SMILES string of the molecule is CN(C)[c-]1cccc1-c1ccccc1Br.[Fe].[cH-]1[cH-][cH-][cH-][cH-]1. The molecule has 3 aromatic rings. The zero-order valence-corrected chi connectivity index (χ0v) is 14.8. The summed E-state index contributed by atoms with van der Waals surface area (Å²) in [6.45, 7) is 0. The maximum absolute atomic E-state index is 3.58. The minimum atomic E-state index is 0. The molecule has 0 atom stereocenters. The van der Waals surface area contributed by atoms with E-state index in [0.29, 0.717) is 0 Å². The van der Waals surface area contributed by atoms with Crippen molar-refractivity contribution in [3.8, 4) is 11.1 Å². The molecule has 0 unspecified atom stereocenters. The van der Waals surface area contributed by atoms with Crippen molar-refractivity contribution < 1.29 is 17.1 Å². The minimum absolute atomic E-state index is 0. The Kier molecular flexibility index (Phi) is 7.52. The Hall–Kier alpha value is -1.28. The predicted octanol–water partition coefficient (Wildman–Crippen LogP) is 5.30. The molecule has 0 fully saturated rings. The summed E-state index contributed by atoms with van der Waals surface area (Å²) in [5.74, 6) is 0. The molecule has 0 radical (unpaired) electrons. The summed E-state index contributed by atoms with van der Waals surface area (Å²) in [5.41, 5.74) is 3.76. The van der Waals surface area contributed by atoms with Gasteiger partial charge in [0.05, 0.1) is 0 Å². The van der Waals surface area contributed by atoms with Crippen LogP contribution in [0.4, 0.5) is 5.69 Å². The number of hydrogen-bond donors (Lipinski definition) is 0. The number of benzene rings is 1. The van der Waals surface area contributed by atoms with Crippen molar-refractivity contribution in [1.82, 2.24) is 0 Å². The van der Waals surface area contributed by atoms with Gasteiger partial charge in [-0.2, -0.15) is 12.1 Å². The van der Waals surface area contributed by atoms with E-state index < -0.39 is 0 Å². The van der Waals surface area contributed by atoms with Crippen LogP contribution in [0.15, 0.2) is 77.3 Å². The van der Waals surface area contributed by atoms with E-state index in [-0.39, 0.29) is 17.1 Å². The third kappa shape index (κ3) is 4.89. The van der Waals surface area contributed by atoms with Crippen LogP contribution in [0.5, 0.6) is 0 Å². The Balaban J connectivity index is 0.000000313. The topological polar surface area (TPSA) is 3.24 Å². The quantitative estimate of drug-likeness (QED) is 0.428. The van der Waals surface area contributed by atoms with Gasteiger partial charge in [0.1, 0.15) is 0 Å². The Labute approximate surface area is 145 Å². The Morgan fingerprint density at radius 1 is 0.905 bits per heavy atom. The summed E-state index contributed by atoms with van der Waals surface area (Å²) in [5, 5.41) is 0. The summed E-state index contributed by atoms with van der Waals surface area (Å²) >= 11 is 3.58. The van der Waals surface area contributed by atoms with Gasteiger partial charge in [0.25, 0.3) is 0 Å². The molecule has 0 N–H and O–H groups in total. The van der Waals surface area contributed by atoms with Gasteiger partial charge in [-0.3, -0.25) is 0 Å². The Bertz CT molecular complexity index is 609. The molecule has 0 spiro atoms. The molecule has 116 valence electrons. The zero-order chi connectivity index (χ0) is 14.4. The van der Waals surface area contributed by atoms with E-state index >= 15 is 0 Å². The van der Waals surface area contributed by atoms with Gasteiger partial charge >= 0.3 is 0 Å². The van der Waals surface area contributed by atoms with E-state index in [0.717, 1.165) is 4.47 Å². The van der Waals surface area contributed by atoms with Crippen LogP contribution in [0.3, 0.4) is 0 Å². The first kappa shape index (κ1) is 17.8. The smallest absolute Gasteiger partial charge is 0 e. The van der Waals surface area contributed by atoms with E-state index in [1.54, 1.807) is 0 Å². The molecule has 1 nitrogen and oxygen atoms in total. The van der Waals surface area contributed by atoms with Crippen molar-refractivity contribution in [2.75, 3.05) is 19.0 Å². The summed E-state index contributed by atoms with van der Waals surface area (Å²) in [6.07, 6.45) is 0. The fourth-order valence-corrected chi connectivity index (χ4v) is 2.53. The van der Waals surface area contributed by atoms with E-state index in [1.807, 2.05) is 36.4 Å². The van der Waals surface area contributed by atoms with Crippen LogP contribution in [0.1, 0.15) is 0 Å². The predicted molar refractivity (Wildman–Crippen MR) is 91.5 cm³/mol. The molecule has 0 aliphatic heterocycles. The average molecular weight is 384 g/mol. The van der Waals surface area contributed by atoms with Crippen molar-refractivity contribution in [3.63, 3.8) is 0 Å². The van der Waals surface area contributed by atoms with Gasteiger partial charge in [-0.05, 0) is 24.3 Å². The molecule has 0 aromatic heterocycles. The summed E-state index contributed by atoms with van der Waals surface area (Å²) in [7, 11) is 4.13. The van der Waals surface area contributed by atoms with Gasteiger partial charge in [-0.25, -0.2) is 0 Å². The molecular formula is C18H18BrFeN-6. The van der Waals surface area contributed by atoms with Crippen LogP contribution in [-0.4, -0.2) is 14.1 Å². The van der Waals surface area contributed by atoms with E-state index in [2.05, 4.69) is 71.3 Å². The van der Waals surface area contributed by atoms with Gasteiger partial charge in [0, 0.05) is 17.1 Å². The molecule has 0 heterocycles. The maximum Gasteiger partial charge on any atom is 0 e. The van der Waals surface area contributed by atoms with E-state index in [4.69, 9.17) is 0 Å². The van der Waals surface area contributed by atoms with Crippen molar-refractivity contribution in [1.29, 1.82) is 0 Å². The second-order valence-corrected chi connectivity index (χ2v) is 5.52. The number of halogens is 1. The molecule has 3 aromatic carbocycles. The molecule has 0 amide bonds. The average Bonchev–Trinajstić information content (AvgIpc) is 3.14. The third-order valence-corrected chi connectivity index (χ3v) is 3.69.